The van der Waals surface area contributed by atoms with Crippen molar-refractivity contribution in [3.63, 3.8) is 0 Å². The van der Waals surface area contributed by atoms with Crippen LogP contribution in [0.25, 0.3) is 0 Å². The highest BCUT2D eigenvalue weighted by Gasteiger charge is 2.32. The van der Waals surface area contributed by atoms with Crippen LogP contribution in [0.2, 0.25) is 0 Å². The molecule has 0 spiro atoms. The Morgan fingerprint density at radius 3 is 2.65 bits per heavy atom. The minimum Gasteiger partial charge on any atom is -0.404 e. The van der Waals surface area contributed by atoms with Gasteiger partial charge in [0.2, 0.25) is 5.91 Å². The fourth-order valence-corrected chi connectivity index (χ4v) is 1.21. The van der Waals surface area contributed by atoms with Crippen molar-refractivity contribution in [1.82, 2.24) is 0 Å². The molecule has 0 saturated carbocycles. The first-order valence-electron chi connectivity index (χ1n) is 4.94. The van der Waals surface area contributed by atoms with E-state index in [4.69, 9.17) is 5.26 Å². The van der Waals surface area contributed by atoms with E-state index >= 15 is 0 Å². The fourth-order valence-electron chi connectivity index (χ4n) is 1.21. The average molecular weight is 289 g/mol. The second kappa shape index (κ2) is 5.87. The zero-order valence-electron chi connectivity index (χ0n) is 9.60. The number of carbonyl (C=O) groups is 1. The van der Waals surface area contributed by atoms with Crippen molar-refractivity contribution >= 4 is 17.3 Å². The van der Waals surface area contributed by atoms with E-state index in [9.17, 15) is 28.1 Å². The Morgan fingerprint density at radius 1 is 1.50 bits per heavy atom. The number of rotatable bonds is 4. The molecule has 0 aromatic heterocycles. The van der Waals surface area contributed by atoms with Gasteiger partial charge in [-0.2, -0.15) is 5.26 Å². The van der Waals surface area contributed by atoms with Crippen LogP contribution in [0, 0.1) is 21.4 Å². The van der Waals surface area contributed by atoms with Gasteiger partial charge in [-0.3, -0.25) is 14.9 Å². The number of nitriles is 1. The minimum atomic E-state index is -5.02. The van der Waals surface area contributed by atoms with Crippen LogP contribution in [0.15, 0.2) is 18.2 Å². The molecule has 0 heterocycles. The zero-order chi connectivity index (χ0) is 15.3. The monoisotopic (exact) mass is 289 g/mol. The van der Waals surface area contributed by atoms with Gasteiger partial charge in [-0.15, -0.1) is 13.2 Å². The van der Waals surface area contributed by atoms with Gasteiger partial charge in [0.15, 0.2) is 5.75 Å². The minimum absolute atomic E-state index is 0.535. The van der Waals surface area contributed by atoms with Crippen LogP contribution in [-0.2, 0) is 4.79 Å². The van der Waals surface area contributed by atoms with Crippen molar-refractivity contribution in [1.29, 1.82) is 5.26 Å². The Morgan fingerprint density at radius 2 is 2.15 bits per heavy atom. The van der Waals surface area contributed by atoms with Gasteiger partial charge >= 0.3 is 6.36 Å². The molecule has 0 radical (unpaired) electrons. The van der Waals surface area contributed by atoms with Gasteiger partial charge in [0.1, 0.15) is 6.42 Å². The molecule has 0 bridgehead atoms. The van der Waals surface area contributed by atoms with E-state index in [-0.39, 0.29) is 0 Å². The lowest BCUT2D eigenvalue weighted by Gasteiger charge is -2.13. The summed E-state index contributed by atoms with van der Waals surface area (Å²) in [5.41, 5.74) is -1.08. The first-order chi connectivity index (χ1) is 9.23. The number of nitrogens with one attached hydrogen (secondary N) is 1. The van der Waals surface area contributed by atoms with Crippen molar-refractivity contribution in [3.8, 4) is 11.8 Å². The third-order valence-electron chi connectivity index (χ3n) is 1.91. The largest absolute Gasteiger partial charge is 0.573 e. The predicted molar refractivity (Wildman–Crippen MR) is 58.6 cm³/mol. The van der Waals surface area contributed by atoms with E-state index in [1.807, 2.05) is 5.32 Å². The van der Waals surface area contributed by atoms with Crippen molar-refractivity contribution in [2.45, 2.75) is 12.8 Å². The summed E-state index contributed by atoms with van der Waals surface area (Å²) in [5, 5.41) is 20.8. The van der Waals surface area contributed by atoms with Crippen LogP contribution >= 0.6 is 0 Å². The Kier molecular flexibility index (Phi) is 4.47. The lowest BCUT2D eigenvalue weighted by Crippen LogP contribution is -2.19. The van der Waals surface area contributed by atoms with Crippen LogP contribution in [0.5, 0.6) is 5.75 Å². The predicted octanol–water partition coefficient (Wildman–Crippen LogP) is 2.35. The van der Waals surface area contributed by atoms with Crippen molar-refractivity contribution < 1.29 is 27.6 Å². The van der Waals surface area contributed by atoms with Gasteiger partial charge in [-0.05, 0) is 6.07 Å². The Bertz CT molecular complexity index is 580. The van der Waals surface area contributed by atoms with Crippen LogP contribution in [0.4, 0.5) is 24.5 Å². The first kappa shape index (κ1) is 15.2. The average Bonchev–Trinajstić information content (AvgIpc) is 2.29. The summed E-state index contributed by atoms with van der Waals surface area (Å²) in [6.45, 7) is 0. The van der Waals surface area contributed by atoms with E-state index < -0.39 is 40.7 Å². The number of anilines is 1. The van der Waals surface area contributed by atoms with Crippen molar-refractivity contribution in [2.24, 2.45) is 0 Å². The van der Waals surface area contributed by atoms with Crippen LogP contribution in [-0.4, -0.2) is 17.2 Å². The van der Waals surface area contributed by atoms with Gasteiger partial charge in [-0.25, -0.2) is 0 Å². The maximum atomic E-state index is 12.1. The SMILES string of the molecule is N#CCC(=O)Nc1cc([N+](=O)[O-])ccc1OC(F)(F)F. The fraction of sp³-hybridized carbons (Fsp3) is 0.200. The van der Waals surface area contributed by atoms with Crippen LogP contribution in [0.1, 0.15) is 6.42 Å². The Balaban J connectivity index is 3.13. The molecule has 7 nitrogen and oxygen atoms in total. The summed E-state index contributed by atoms with van der Waals surface area (Å²) in [5.74, 6) is -1.73. The standard InChI is InChI=1S/C10H6F3N3O4/c11-10(12,13)20-8-2-1-6(16(18)19)5-7(8)15-9(17)3-4-14/h1-2,5H,3H2,(H,15,17). The molecule has 0 aliphatic carbocycles. The van der Waals surface area contributed by atoms with E-state index in [0.717, 1.165) is 6.07 Å². The van der Waals surface area contributed by atoms with Gasteiger partial charge in [-0.1, -0.05) is 0 Å². The molecule has 1 aromatic carbocycles. The summed E-state index contributed by atoms with van der Waals surface area (Å²) >= 11 is 0. The first-order valence-corrected chi connectivity index (χ1v) is 4.94. The van der Waals surface area contributed by atoms with E-state index in [1.54, 1.807) is 0 Å². The molecule has 10 heteroatoms. The molecule has 1 N–H and O–H groups in total. The number of non-ortho nitro benzene ring substituents is 1. The number of nitro benzene ring substituents is 1. The lowest BCUT2D eigenvalue weighted by molar-refractivity contribution is -0.384. The molecular weight excluding hydrogens is 283 g/mol. The quantitative estimate of drug-likeness (QED) is 0.676. The van der Waals surface area contributed by atoms with Crippen LogP contribution in [0.3, 0.4) is 0 Å². The molecule has 0 unspecified atom stereocenters. The lowest BCUT2D eigenvalue weighted by atomic mass is 10.2. The van der Waals surface area contributed by atoms with Crippen molar-refractivity contribution in [2.75, 3.05) is 5.32 Å². The molecule has 20 heavy (non-hydrogen) atoms. The highest BCUT2D eigenvalue weighted by molar-refractivity contribution is 5.93. The molecular formula is C10H6F3N3O4. The smallest absolute Gasteiger partial charge is 0.404 e. The number of ether oxygens (including phenoxy) is 1. The summed E-state index contributed by atoms with van der Waals surface area (Å²) in [6.07, 6.45) is -5.64. The number of hydrogen-bond acceptors (Lipinski definition) is 5. The number of nitro groups is 1. The topological polar surface area (TPSA) is 105 Å². The molecule has 0 fully saturated rings. The highest BCUT2D eigenvalue weighted by Crippen LogP contribution is 2.33. The normalized spacial score (nSPS) is 10.5. The molecule has 1 rings (SSSR count). The summed E-state index contributed by atoms with van der Waals surface area (Å²) < 4.78 is 40.1. The molecule has 106 valence electrons. The van der Waals surface area contributed by atoms with E-state index in [2.05, 4.69) is 4.74 Å². The molecule has 0 atom stereocenters. The Hall–Kier alpha value is -2.83. The Labute approximate surface area is 109 Å². The number of hydrogen-bond donors (Lipinski definition) is 1. The van der Waals surface area contributed by atoms with Gasteiger partial charge < -0.3 is 10.1 Å². The molecule has 0 saturated heterocycles. The molecule has 0 aliphatic rings. The van der Waals surface area contributed by atoms with Crippen molar-refractivity contribution in [3.05, 3.63) is 28.3 Å². The van der Waals surface area contributed by atoms with Gasteiger partial charge in [0.05, 0.1) is 16.7 Å². The highest BCUT2D eigenvalue weighted by atomic mass is 19.4. The van der Waals surface area contributed by atoms with Gasteiger partial charge in [0, 0.05) is 12.1 Å². The third kappa shape index (κ3) is 4.45. The number of carbonyl (C=O) groups excluding carboxylic acids is 1. The third-order valence-corrected chi connectivity index (χ3v) is 1.91. The number of halogens is 3. The summed E-state index contributed by atoms with van der Waals surface area (Å²) in [4.78, 5) is 20.9. The number of alkyl halides is 3. The maximum Gasteiger partial charge on any atom is 0.573 e. The van der Waals surface area contributed by atoms with Crippen LogP contribution < -0.4 is 10.1 Å². The number of benzene rings is 1. The zero-order valence-corrected chi connectivity index (χ0v) is 9.60. The summed E-state index contributed by atoms with van der Waals surface area (Å²) in [7, 11) is 0. The molecule has 1 aromatic rings. The van der Waals surface area contributed by atoms with Gasteiger partial charge in [0.25, 0.3) is 5.69 Å². The maximum absolute atomic E-state index is 12.1. The molecule has 1 amide bonds. The molecule has 0 aliphatic heterocycles. The number of amides is 1. The summed E-state index contributed by atoms with van der Waals surface area (Å²) in [6, 6.07) is 3.68. The number of nitrogens with zero attached hydrogens (tertiary/aromatic N) is 2. The van der Waals surface area contributed by atoms with E-state index in [0.29, 0.717) is 12.1 Å². The second-order valence-corrected chi connectivity index (χ2v) is 3.37. The van der Waals surface area contributed by atoms with E-state index in [1.165, 1.54) is 6.07 Å². The second-order valence-electron chi connectivity index (χ2n) is 3.37.